The smallest absolute Gasteiger partial charge is 0.272 e. The highest BCUT2D eigenvalue weighted by Crippen LogP contribution is 2.20. The van der Waals surface area contributed by atoms with E-state index in [1.54, 1.807) is 35.4 Å². The number of halogens is 1. The van der Waals surface area contributed by atoms with Gasteiger partial charge in [0.2, 0.25) is 5.95 Å². The minimum absolute atomic E-state index is 0.124. The van der Waals surface area contributed by atoms with Gasteiger partial charge in [-0.25, -0.2) is 14.4 Å². The normalized spacial score (nSPS) is 13.1. The summed E-state index contributed by atoms with van der Waals surface area (Å²) in [6.07, 6.45) is 2.38. The summed E-state index contributed by atoms with van der Waals surface area (Å²) >= 11 is 0. The van der Waals surface area contributed by atoms with Crippen molar-refractivity contribution in [2.45, 2.75) is 19.5 Å². The van der Waals surface area contributed by atoms with E-state index in [2.05, 4.69) is 27.4 Å². The number of carbonyl (C=O) groups is 1. The summed E-state index contributed by atoms with van der Waals surface area (Å²) in [5.41, 5.74) is 3.31. The van der Waals surface area contributed by atoms with Crippen molar-refractivity contribution >= 4 is 11.9 Å². The lowest BCUT2D eigenvalue weighted by Gasteiger charge is -2.28. The third kappa shape index (κ3) is 3.79. The van der Waals surface area contributed by atoms with Crippen LogP contribution in [0.15, 0.2) is 60.8 Å². The number of hydrogen-bond donors (Lipinski definition) is 1. The Morgan fingerprint density at radius 2 is 1.85 bits per heavy atom. The fourth-order valence-corrected chi connectivity index (χ4v) is 3.21. The molecule has 1 aromatic heterocycles. The van der Waals surface area contributed by atoms with Crippen molar-refractivity contribution in [2.75, 3.05) is 11.9 Å². The average Bonchev–Trinajstić information content (AvgIpc) is 2.72. The molecule has 0 radical (unpaired) electrons. The first kappa shape index (κ1) is 17.1. The molecule has 4 rings (SSSR count). The molecule has 0 aliphatic carbocycles. The standard InChI is InChI=1S/C21H19FN4O/c22-18-8-4-3-6-16(18)13-24-21-23-11-9-19(25-21)20(27)26-12-10-15-5-1-2-7-17(15)14-26/h1-9,11H,10,12-14H2,(H,23,24,25). The van der Waals surface area contributed by atoms with Crippen molar-refractivity contribution < 1.29 is 9.18 Å². The summed E-state index contributed by atoms with van der Waals surface area (Å²) in [5, 5.41) is 2.98. The van der Waals surface area contributed by atoms with Gasteiger partial charge in [-0.3, -0.25) is 4.79 Å². The summed E-state index contributed by atoms with van der Waals surface area (Å²) in [7, 11) is 0. The lowest BCUT2D eigenvalue weighted by atomic mass is 10.00. The van der Waals surface area contributed by atoms with Crippen LogP contribution in [0.1, 0.15) is 27.2 Å². The molecule has 0 atom stereocenters. The molecule has 136 valence electrons. The minimum Gasteiger partial charge on any atom is -0.350 e. The molecule has 1 aliphatic rings. The van der Waals surface area contributed by atoms with E-state index < -0.39 is 0 Å². The van der Waals surface area contributed by atoms with Gasteiger partial charge < -0.3 is 10.2 Å². The number of benzene rings is 2. The molecule has 1 aliphatic heterocycles. The number of anilines is 1. The fraction of sp³-hybridized carbons (Fsp3) is 0.190. The summed E-state index contributed by atoms with van der Waals surface area (Å²) in [5.74, 6) is -0.105. The predicted molar refractivity (Wildman–Crippen MR) is 101 cm³/mol. The Morgan fingerprint density at radius 1 is 1.07 bits per heavy atom. The molecule has 1 amide bonds. The Labute approximate surface area is 156 Å². The molecule has 2 aromatic carbocycles. The Balaban J connectivity index is 1.46. The first-order valence-corrected chi connectivity index (χ1v) is 8.87. The zero-order chi connectivity index (χ0) is 18.6. The molecule has 2 heterocycles. The van der Waals surface area contributed by atoms with Crippen molar-refractivity contribution in [3.63, 3.8) is 0 Å². The highest BCUT2D eigenvalue weighted by atomic mass is 19.1. The second-order valence-corrected chi connectivity index (χ2v) is 6.46. The van der Waals surface area contributed by atoms with Crippen molar-refractivity contribution in [2.24, 2.45) is 0 Å². The van der Waals surface area contributed by atoms with Crippen LogP contribution in [0.25, 0.3) is 0 Å². The molecular formula is C21H19FN4O. The minimum atomic E-state index is -0.288. The van der Waals surface area contributed by atoms with Gasteiger partial charge in [0.05, 0.1) is 0 Å². The van der Waals surface area contributed by atoms with Crippen LogP contribution in [0.2, 0.25) is 0 Å². The van der Waals surface area contributed by atoms with Crippen LogP contribution in [0, 0.1) is 5.82 Å². The van der Waals surface area contributed by atoms with Gasteiger partial charge in [-0.05, 0) is 29.7 Å². The van der Waals surface area contributed by atoms with Crippen LogP contribution in [-0.4, -0.2) is 27.3 Å². The topological polar surface area (TPSA) is 58.1 Å². The third-order valence-electron chi connectivity index (χ3n) is 4.69. The maximum absolute atomic E-state index is 13.7. The van der Waals surface area contributed by atoms with Gasteiger partial charge in [-0.2, -0.15) is 0 Å². The van der Waals surface area contributed by atoms with Gasteiger partial charge in [-0.1, -0.05) is 42.5 Å². The summed E-state index contributed by atoms with van der Waals surface area (Å²) in [4.78, 5) is 23.1. The van der Waals surface area contributed by atoms with E-state index in [1.165, 1.54) is 17.2 Å². The lowest BCUT2D eigenvalue weighted by molar-refractivity contribution is 0.0728. The van der Waals surface area contributed by atoms with Crippen LogP contribution < -0.4 is 5.32 Å². The molecule has 0 saturated carbocycles. The SMILES string of the molecule is O=C(c1ccnc(NCc2ccccc2F)n1)N1CCc2ccccc2C1. The number of hydrogen-bond acceptors (Lipinski definition) is 4. The molecule has 0 unspecified atom stereocenters. The second kappa shape index (κ2) is 7.53. The van der Waals surface area contributed by atoms with E-state index in [9.17, 15) is 9.18 Å². The maximum atomic E-state index is 13.7. The molecule has 3 aromatic rings. The van der Waals surface area contributed by atoms with E-state index >= 15 is 0 Å². The van der Waals surface area contributed by atoms with Crippen LogP contribution in [0.4, 0.5) is 10.3 Å². The molecule has 0 bridgehead atoms. The Bertz CT molecular complexity index is 976. The number of aromatic nitrogens is 2. The summed E-state index contributed by atoms with van der Waals surface area (Å²) < 4.78 is 13.7. The van der Waals surface area contributed by atoms with Gasteiger partial charge in [-0.15, -0.1) is 0 Å². The summed E-state index contributed by atoms with van der Waals surface area (Å²) in [6, 6.07) is 16.3. The molecule has 0 saturated heterocycles. The van der Waals surface area contributed by atoms with E-state index in [-0.39, 0.29) is 18.3 Å². The number of carbonyl (C=O) groups excluding carboxylic acids is 1. The zero-order valence-corrected chi connectivity index (χ0v) is 14.7. The van der Waals surface area contributed by atoms with Gasteiger partial charge in [0.1, 0.15) is 11.5 Å². The first-order valence-electron chi connectivity index (χ1n) is 8.87. The van der Waals surface area contributed by atoms with E-state index in [4.69, 9.17) is 0 Å². The molecular weight excluding hydrogens is 343 g/mol. The summed E-state index contributed by atoms with van der Waals surface area (Å²) in [6.45, 7) is 1.50. The predicted octanol–water partition coefficient (Wildman–Crippen LogP) is 3.43. The van der Waals surface area contributed by atoms with Crippen molar-refractivity contribution in [1.82, 2.24) is 14.9 Å². The number of amides is 1. The molecule has 27 heavy (non-hydrogen) atoms. The highest BCUT2D eigenvalue weighted by molar-refractivity contribution is 5.92. The lowest BCUT2D eigenvalue weighted by Crippen LogP contribution is -2.36. The van der Waals surface area contributed by atoms with Crippen LogP contribution in [0.5, 0.6) is 0 Å². The van der Waals surface area contributed by atoms with Crippen LogP contribution in [0.3, 0.4) is 0 Å². The zero-order valence-electron chi connectivity index (χ0n) is 14.7. The third-order valence-corrected chi connectivity index (χ3v) is 4.69. The van der Waals surface area contributed by atoms with Crippen LogP contribution >= 0.6 is 0 Å². The number of fused-ring (bicyclic) bond motifs is 1. The van der Waals surface area contributed by atoms with Gasteiger partial charge in [0.25, 0.3) is 5.91 Å². The monoisotopic (exact) mass is 362 g/mol. The van der Waals surface area contributed by atoms with Crippen molar-refractivity contribution in [3.8, 4) is 0 Å². The number of nitrogens with zero attached hydrogens (tertiary/aromatic N) is 3. The number of nitrogens with one attached hydrogen (secondary N) is 1. The Morgan fingerprint density at radius 3 is 2.70 bits per heavy atom. The van der Waals surface area contributed by atoms with Gasteiger partial charge in [0, 0.05) is 31.4 Å². The number of rotatable bonds is 4. The molecule has 1 N–H and O–H groups in total. The Hall–Kier alpha value is -3.28. The molecule has 6 heteroatoms. The van der Waals surface area contributed by atoms with E-state index in [0.29, 0.717) is 30.3 Å². The van der Waals surface area contributed by atoms with E-state index in [1.807, 2.05) is 12.1 Å². The fourth-order valence-electron chi connectivity index (χ4n) is 3.21. The van der Waals surface area contributed by atoms with Crippen molar-refractivity contribution in [3.05, 3.63) is 89.0 Å². The second-order valence-electron chi connectivity index (χ2n) is 6.46. The molecule has 5 nitrogen and oxygen atoms in total. The largest absolute Gasteiger partial charge is 0.350 e. The van der Waals surface area contributed by atoms with Crippen molar-refractivity contribution in [1.29, 1.82) is 0 Å². The van der Waals surface area contributed by atoms with E-state index in [0.717, 1.165) is 6.42 Å². The average molecular weight is 362 g/mol. The maximum Gasteiger partial charge on any atom is 0.272 e. The quantitative estimate of drug-likeness (QED) is 0.773. The molecule has 0 fully saturated rings. The highest BCUT2D eigenvalue weighted by Gasteiger charge is 2.22. The van der Waals surface area contributed by atoms with Crippen LogP contribution in [-0.2, 0) is 19.5 Å². The van der Waals surface area contributed by atoms with Gasteiger partial charge >= 0.3 is 0 Å². The molecule has 0 spiro atoms. The first-order chi connectivity index (χ1) is 13.2. The van der Waals surface area contributed by atoms with Gasteiger partial charge in [0.15, 0.2) is 0 Å². The Kier molecular flexibility index (Phi) is 4.78.